The molecule has 0 spiro atoms. The molecule has 1 aromatic rings. The minimum Gasteiger partial charge on any atom is -0.304 e. The van der Waals surface area contributed by atoms with Crippen molar-refractivity contribution in [3.63, 3.8) is 0 Å². The van der Waals surface area contributed by atoms with Gasteiger partial charge in [0, 0.05) is 5.56 Å². The highest BCUT2D eigenvalue weighted by atomic mass is 31.2. The Morgan fingerprint density at radius 2 is 1.85 bits per heavy atom. The predicted octanol–water partition coefficient (Wildman–Crippen LogP) is 5.04. The van der Waals surface area contributed by atoms with E-state index in [0.29, 0.717) is 11.1 Å². The molecule has 0 amide bonds. The molecule has 0 saturated carbocycles. The lowest BCUT2D eigenvalue weighted by Gasteiger charge is -2.26. The van der Waals surface area contributed by atoms with E-state index in [-0.39, 0.29) is 13.2 Å². The summed E-state index contributed by atoms with van der Waals surface area (Å²) in [6.45, 7) is 8.17. The molecule has 0 radical (unpaired) electrons. The van der Waals surface area contributed by atoms with E-state index in [1.54, 1.807) is 13.0 Å². The first-order valence-corrected chi connectivity index (χ1v) is 7.86. The highest BCUT2D eigenvalue weighted by Gasteiger charge is 2.54. The van der Waals surface area contributed by atoms with Crippen molar-refractivity contribution in [3.05, 3.63) is 42.0 Å². The molecule has 0 fully saturated rings. The summed E-state index contributed by atoms with van der Waals surface area (Å²) in [6, 6.07) is 5.59. The van der Waals surface area contributed by atoms with E-state index in [2.05, 4.69) is 6.58 Å². The molecule has 1 rings (SSSR count). The summed E-state index contributed by atoms with van der Waals surface area (Å²) in [6.07, 6.45) is 0. The van der Waals surface area contributed by atoms with Gasteiger partial charge in [0.25, 0.3) is 0 Å². The molecule has 0 aliphatic carbocycles. The number of rotatable bonds is 7. The number of hydrogen-bond donors (Lipinski definition) is 0. The van der Waals surface area contributed by atoms with Crippen LogP contribution in [0.1, 0.15) is 31.9 Å². The Kier molecular flexibility index (Phi) is 5.63. The second-order valence-corrected chi connectivity index (χ2v) is 6.31. The molecule has 0 aliphatic rings. The van der Waals surface area contributed by atoms with Gasteiger partial charge < -0.3 is 9.05 Å². The van der Waals surface area contributed by atoms with Crippen LogP contribution in [-0.4, -0.2) is 13.2 Å². The summed E-state index contributed by atoms with van der Waals surface area (Å²) in [7, 11) is -4.56. The van der Waals surface area contributed by atoms with Crippen molar-refractivity contribution in [3.8, 4) is 0 Å². The van der Waals surface area contributed by atoms with E-state index >= 15 is 0 Å². The molecular weight excluding hydrogens is 285 g/mol. The van der Waals surface area contributed by atoms with Gasteiger partial charge in [0.1, 0.15) is 0 Å². The van der Waals surface area contributed by atoms with Crippen LogP contribution in [0, 0.1) is 0 Å². The molecule has 0 atom stereocenters. The average Bonchev–Trinajstić information content (AvgIpc) is 2.39. The van der Waals surface area contributed by atoms with Crippen molar-refractivity contribution >= 4 is 13.2 Å². The minimum absolute atomic E-state index is 0.118. The first-order valence-electron chi connectivity index (χ1n) is 6.32. The Morgan fingerprint density at radius 3 is 2.30 bits per heavy atom. The summed E-state index contributed by atoms with van der Waals surface area (Å²) < 4.78 is 50.8. The maximum absolute atomic E-state index is 14.5. The molecule has 112 valence electrons. The summed E-state index contributed by atoms with van der Waals surface area (Å²) >= 11 is 0. The van der Waals surface area contributed by atoms with Crippen LogP contribution in [0.15, 0.2) is 30.8 Å². The second-order valence-electron chi connectivity index (χ2n) is 4.24. The maximum atomic E-state index is 14.5. The molecule has 1 aromatic carbocycles. The van der Waals surface area contributed by atoms with E-state index in [1.807, 2.05) is 0 Å². The molecule has 0 N–H and O–H groups in total. The third-order valence-corrected chi connectivity index (χ3v) is 4.79. The lowest BCUT2D eigenvalue weighted by atomic mass is 10.1. The minimum atomic E-state index is -4.56. The Bertz CT molecular complexity index is 519. The Labute approximate surface area is 118 Å². The Hall–Kier alpha value is -1.03. The van der Waals surface area contributed by atoms with Crippen LogP contribution in [0.4, 0.5) is 8.78 Å². The van der Waals surface area contributed by atoms with Crippen LogP contribution < -0.4 is 0 Å². The first-order chi connectivity index (χ1) is 9.28. The van der Waals surface area contributed by atoms with Crippen molar-refractivity contribution in [1.29, 1.82) is 0 Å². The van der Waals surface area contributed by atoms with Gasteiger partial charge in [-0.15, -0.1) is 0 Å². The number of alkyl halides is 2. The largest absolute Gasteiger partial charge is 0.404 e. The van der Waals surface area contributed by atoms with Crippen LogP contribution in [0.2, 0.25) is 0 Å². The monoisotopic (exact) mass is 304 g/mol. The van der Waals surface area contributed by atoms with E-state index < -0.39 is 18.8 Å². The van der Waals surface area contributed by atoms with Gasteiger partial charge in [-0.25, -0.2) is 0 Å². The fourth-order valence-corrected chi connectivity index (χ4v) is 3.20. The van der Waals surface area contributed by atoms with Crippen LogP contribution in [-0.2, 0) is 19.3 Å². The van der Waals surface area contributed by atoms with Crippen LogP contribution in [0.3, 0.4) is 0 Å². The van der Waals surface area contributed by atoms with Crippen molar-refractivity contribution in [1.82, 2.24) is 0 Å². The third kappa shape index (κ3) is 3.35. The number of hydrogen-bond acceptors (Lipinski definition) is 3. The van der Waals surface area contributed by atoms with E-state index in [1.165, 1.54) is 32.0 Å². The fraction of sp³-hybridized carbons (Fsp3) is 0.429. The molecule has 0 aliphatic heterocycles. The van der Waals surface area contributed by atoms with Gasteiger partial charge in [0.05, 0.1) is 13.2 Å². The lowest BCUT2D eigenvalue weighted by molar-refractivity contribution is 0.0360. The molecule has 20 heavy (non-hydrogen) atoms. The van der Waals surface area contributed by atoms with Gasteiger partial charge >= 0.3 is 13.3 Å². The maximum Gasteiger partial charge on any atom is 0.404 e. The van der Waals surface area contributed by atoms with Crippen molar-refractivity contribution < 1.29 is 22.4 Å². The standard InChI is InChI=1S/C14H19F2O3P/c1-5-18-20(17,19-6-2)14(15,16)13-9-7-8-12(10-13)11(3)4/h7-10H,3,5-6H2,1-2,4H3. The molecule has 0 heterocycles. The topological polar surface area (TPSA) is 35.5 Å². The predicted molar refractivity (Wildman–Crippen MR) is 75.9 cm³/mol. The van der Waals surface area contributed by atoms with Gasteiger partial charge in [-0.2, -0.15) is 8.78 Å². The van der Waals surface area contributed by atoms with E-state index in [4.69, 9.17) is 9.05 Å². The zero-order valence-corrected chi connectivity index (χ0v) is 12.8. The van der Waals surface area contributed by atoms with Gasteiger partial charge in [0.2, 0.25) is 0 Å². The zero-order valence-electron chi connectivity index (χ0n) is 11.9. The number of allylic oxidation sites excluding steroid dienone is 1. The highest BCUT2D eigenvalue weighted by Crippen LogP contribution is 2.66. The molecule has 6 heteroatoms. The molecule has 0 bridgehead atoms. The summed E-state index contributed by atoms with van der Waals surface area (Å²) in [5, 5.41) is 0. The van der Waals surface area contributed by atoms with Gasteiger partial charge in [-0.1, -0.05) is 30.4 Å². The second kappa shape index (κ2) is 6.61. The highest BCUT2D eigenvalue weighted by molar-refractivity contribution is 7.54. The molecule has 0 unspecified atom stereocenters. The zero-order chi connectivity index (χ0) is 15.4. The number of benzene rings is 1. The number of halogens is 2. The van der Waals surface area contributed by atoms with E-state index in [9.17, 15) is 13.3 Å². The van der Waals surface area contributed by atoms with Crippen LogP contribution >= 0.6 is 7.60 Å². The normalized spacial score (nSPS) is 12.4. The molecule has 3 nitrogen and oxygen atoms in total. The molecular formula is C14H19F2O3P. The SMILES string of the molecule is C=C(C)c1cccc(C(F)(F)P(=O)(OCC)OCC)c1. The first kappa shape index (κ1) is 17.0. The van der Waals surface area contributed by atoms with Crippen molar-refractivity contribution in [2.75, 3.05) is 13.2 Å². The van der Waals surface area contributed by atoms with Crippen molar-refractivity contribution in [2.24, 2.45) is 0 Å². The Balaban J connectivity index is 3.28. The molecule has 0 aromatic heterocycles. The van der Waals surface area contributed by atoms with Crippen LogP contribution in [0.25, 0.3) is 5.57 Å². The summed E-state index contributed by atoms with van der Waals surface area (Å²) in [4.78, 5) is 0. The summed E-state index contributed by atoms with van der Waals surface area (Å²) in [5.74, 6) is 0. The third-order valence-electron chi connectivity index (χ3n) is 2.64. The van der Waals surface area contributed by atoms with Crippen molar-refractivity contribution in [2.45, 2.75) is 26.4 Å². The van der Waals surface area contributed by atoms with Crippen LogP contribution in [0.5, 0.6) is 0 Å². The lowest BCUT2D eigenvalue weighted by Crippen LogP contribution is -2.18. The Morgan fingerprint density at radius 1 is 1.30 bits per heavy atom. The average molecular weight is 304 g/mol. The van der Waals surface area contributed by atoms with Gasteiger partial charge in [0.15, 0.2) is 0 Å². The quantitative estimate of drug-likeness (QED) is 0.662. The fourth-order valence-electron chi connectivity index (χ4n) is 1.67. The van der Waals surface area contributed by atoms with Gasteiger partial charge in [-0.05, 0) is 32.4 Å². The summed E-state index contributed by atoms with van der Waals surface area (Å²) in [5.41, 5.74) is -2.90. The van der Waals surface area contributed by atoms with Gasteiger partial charge in [-0.3, -0.25) is 4.57 Å². The smallest absolute Gasteiger partial charge is 0.304 e. The molecule has 0 saturated heterocycles. The van der Waals surface area contributed by atoms with E-state index in [0.717, 1.165) is 0 Å².